The Balaban J connectivity index is 1.82. The lowest BCUT2D eigenvalue weighted by molar-refractivity contribution is -0.144. The van der Waals surface area contributed by atoms with Gasteiger partial charge in [0.1, 0.15) is 0 Å². The Labute approximate surface area is 146 Å². The third-order valence-corrected chi connectivity index (χ3v) is 7.03. The molecule has 1 aromatic rings. The SMILES string of the molecule is CCn1nc(C)cc1S(=O)(=O)N1CCC2(CC1)NC(=O)CC2C(=O)O. The molecule has 10 heteroatoms. The lowest BCUT2D eigenvalue weighted by atomic mass is 9.78. The van der Waals surface area contributed by atoms with Crippen LogP contribution in [0.5, 0.6) is 0 Å². The summed E-state index contributed by atoms with van der Waals surface area (Å²) < 4.78 is 28.7. The molecule has 0 aliphatic carbocycles. The number of aliphatic carboxylic acids is 1. The highest BCUT2D eigenvalue weighted by Gasteiger charge is 2.52. The maximum Gasteiger partial charge on any atom is 0.309 e. The number of piperidine rings is 1. The van der Waals surface area contributed by atoms with Crippen LogP contribution < -0.4 is 5.32 Å². The summed E-state index contributed by atoms with van der Waals surface area (Å²) in [7, 11) is -3.71. The van der Waals surface area contributed by atoms with Gasteiger partial charge in [-0.2, -0.15) is 9.40 Å². The lowest BCUT2D eigenvalue weighted by Crippen LogP contribution is -2.56. The standard InChI is InChI=1S/C15H22N4O5S/c1-3-19-13(8-10(2)17-19)25(23,24)18-6-4-15(5-7-18)11(14(21)22)9-12(20)16-15/h8,11H,3-7,9H2,1-2H3,(H,16,20)(H,21,22). The van der Waals surface area contributed by atoms with Gasteiger partial charge in [0.15, 0.2) is 5.03 Å². The summed E-state index contributed by atoms with van der Waals surface area (Å²) in [6.07, 6.45) is 0.520. The van der Waals surface area contributed by atoms with Gasteiger partial charge in [0.05, 0.1) is 17.2 Å². The number of carbonyl (C=O) groups is 2. The van der Waals surface area contributed by atoms with Crippen molar-refractivity contribution in [1.82, 2.24) is 19.4 Å². The van der Waals surface area contributed by atoms with Crippen molar-refractivity contribution < 1.29 is 23.1 Å². The van der Waals surface area contributed by atoms with Crippen LogP contribution in [0.25, 0.3) is 0 Å². The highest BCUT2D eigenvalue weighted by atomic mass is 32.2. The van der Waals surface area contributed by atoms with Gasteiger partial charge in [0.25, 0.3) is 10.0 Å². The van der Waals surface area contributed by atoms with Gasteiger partial charge in [-0.05, 0) is 32.8 Å². The van der Waals surface area contributed by atoms with Crippen LogP contribution in [-0.2, 0) is 26.2 Å². The number of aryl methyl sites for hydroxylation is 2. The Hall–Kier alpha value is -1.94. The van der Waals surface area contributed by atoms with Crippen molar-refractivity contribution in [2.24, 2.45) is 5.92 Å². The van der Waals surface area contributed by atoms with Crippen LogP contribution in [-0.4, -0.2) is 58.1 Å². The molecule has 3 heterocycles. The van der Waals surface area contributed by atoms with E-state index in [9.17, 15) is 23.1 Å². The average molecular weight is 370 g/mol. The fourth-order valence-corrected chi connectivity index (χ4v) is 5.49. The van der Waals surface area contributed by atoms with E-state index in [4.69, 9.17) is 0 Å². The number of rotatable bonds is 4. The van der Waals surface area contributed by atoms with Gasteiger partial charge in [0.2, 0.25) is 5.91 Å². The van der Waals surface area contributed by atoms with Gasteiger partial charge in [-0.1, -0.05) is 0 Å². The normalized spacial score (nSPS) is 23.8. The molecule has 0 radical (unpaired) electrons. The highest BCUT2D eigenvalue weighted by molar-refractivity contribution is 7.89. The zero-order chi connectivity index (χ0) is 18.4. The van der Waals surface area contributed by atoms with E-state index in [0.717, 1.165) is 0 Å². The Morgan fingerprint density at radius 3 is 2.64 bits per heavy atom. The van der Waals surface area contributed by atoms with Gasteiger partial charge < -0.3 is 10.4 Å². The molecule has 0 aromatic carbocycles. The second kappa shape index (κ2) is 6.10. The summed E-state index contributed by atoms with van der Waals surface area (Å²) in [6.45, 7) is 4.34. The predicted octanol–water partition coefficient (Wildman–Crippen LogP) is -0.0446. The number of nitrogens with zero attached hydrogens (tertiary/aromatic N) is 3. The molecule has 9 nitrogen and oxygen atoms in total. The van der Waals surface area contributed by atoms with Crippen molar-refractivity contribution >= 4 is 21.9 Å². The van der Waals surface area contributed by atoms with E-state index in [2.05, 4.69) is 10.4 Å². The molecule has 2 N–H and O–H groups in total. The molecule has 1 aromatic heterocycles. The summed E-state index contributed by atoms with van der Waals surface area (Å²) in [5, 5.41) is 16.5. The van der Waals surface area contributed by atoms with Gasteiger partial charge in [-0.25, -0.2) is 8.42 Å². The highest BCUT2D eigenvalue weighted by Crippen LogP contribution is 2.38. The summed E-state index contributed by atoms with van der Waals surface area (Å²) >= 11 is 0. The van der Waals surface area contributed by atoms with Crippen LogP contribution in [0.3, 0.4) is 0 Å². The van der Waals surface area contributed by atoms with E-state index in [0.29, 0.717) is 12.2 Å². The zero-order valence-corrected chi connectivity index (χ0v) is 15.0. The minimum absolute atomic E-state index is 0.0517. The monoisotopic (exact) mass is 370 g/mol. The summed E-state index contributed by atoms with van der Waals surface area (Å²) in [6, 6.07) is 1.54. The molecule has 1 amide bonds. The van der Waals surface area contributed by atoms with Crippen LogP contribution in [0.1, 0.15) is 31.9 Å². The molecule has 0 saturated carbocycles. The topological polar surface area (TPSA) is 122 Å². The Bertz CT molecular complexity index is 808. The van der Waals surface area contributed by atoms with Crippen molar-refractivity contribution in [2.45, 2.75) is 50.2 Å². The first-order valence-corrected chi connectivity index (χ1v) is 9.72. The van der Waals surface area contributed by atoms with Gasteiger partial charge in [-0.15, -0.1) is 0 Å². The molecule has 0 bridgehead atoms. The van der Waals surface area contributed by atoms with Crippen LogP contribution in [0.4, 0.5) is 0 Å². The summed E-state index contributed by atoms with van der Waals surface area (Å²) in [5.74, 6) is -2.12. The van der Waals surface area contributed by atoms with Crippen LogP contribution >= 0.6 is 0 Å². The number of hydrogen-bond acceptors (Lipinski definition) is 5. The van der Waals surface area contributed by atoms with Crippen molar-refractivity contribution in [1.29, 1.82) is 0 Å². The molecule has 25 heavy (non-hydrogen) atoms. The predicted molar refractivity (Wildman–Crippen MR) is 87.2 cm³/mol. The molecular weight excluding hydrogens is 348 g/mol. The van der Waals surface area contributed by atoms with Crippen molar-refractivity contribution in [3.8, 4) is 0 Å². The minimum atomic E-state index is -3.71. The molecule has 1 spiro atoms. The first-order chi connectivity index (χ1) is 11.7. The molecule has 138 valence electrons. The van der Waals surface area contributed by atoms with Crippen LogP contribution in [0.2, 0.25) is 0 Å². The Kier molecular flexibility index (Phi) is 4.36. The molecule has 2 aliphatic rings. The fourth-order valence-electron chi connectivity index (χ4n) is 3.81. The number of amides is 1. The van der Waals surface area contributed by atoms with E-state index in [1.165, 1.54) is 8.99 Å². The van der Waals surface area contributed by atoms with Crippen molar-refractivity contribution in [3.05, 3.63) is 11.8 Å². The Morgan fingerprint density at radius 1 is 1.44 bits per heavy atom. The molecule has 2 saturated heterocycles. The number of carboxylic acids is 1. The summed E-state index contributed by atoms with van der Waals surface area (Å²) in [5.41, 5.74) is -0.224. The molecule has 1 unspecified atom stereocenters. The largest absolute Gasteiger partial charge is 0.481 e. The van der Waals surface area contributed by atoms with E-state index in [1.54, 1.807) is 13.0 Å². The van der Waals surface area contributed by atoms with Crippen molar-refractivity contribution in [3.63, 3.8) is 0 Å². The van der Waals surface area contributed by atoms with Gasteiger partial charge >= 0.3 is 5.97 Å². The van der Waals surface area contributed by atoms with Crippen LogP contribution in [0, 0.1) is 12.8 Å². The smallest absolute Gasteiger partial charge is 0.309 e. The van der Waals surface area contributed by atoms with Crippen LogP contribution in [0.15, 0.2) is 11.1 Å². The zero-order valence-electron chi connectivity index (χ0n) is 14.2. The number of nitrogens with one attached hydrogen (secondary N) is 1. The van der Waals surface area contributed by atoms with Gasteiger partial charge in [0, 0.05) is 26.1 Å². The minimum Gasteiger partial charge on any atom is -0.481 e. The third kappa shape index (κ3) is 2.93. The third-order valence-electron chi connectivity index (χ3n) is 5.13. The second-order valence-electron chi connectivity index (χ2n) is 6.64. The maximum atomic E-state index is 12.9. The maximum absolute atomic E-state index is 12.9. The van der Waals surface area contributed by atoms with E-state index < -0.39 is 27.4 Å². The molecule has 3 rings (SSSR count). The number of hydrogen-bond donors (Lipinski definition) is 2. The van der Waals surface area contributed by atoms with E-state index in [-0.39, 0.29) is 43.3 Å². The fraction of sp³-hybridized carbons (Fsp3) is 0.667. The average Bonchev–Trinajstić information content (AvgIpc) is 3.08. The van der Waals surface area contributed by atoms with E-state index >= 15 is 0 Å². The molecular formula is C15H22N4O5S. The van der Waals surface area contributed by atoms with E-state index in [1.807, 2.05) is 6.92 Å². The van der Waals surface area contributed by atoms with Gasteiger partial charge in [-0.3, -0.25) is 14.3 Å². The lowest BCUT2D eigenvalue weighted by Gasteiger charge is -2.40. The van der Waals surface area contributed by atoms with Crippen molar-refractivity contribution in [2.75, 3.05) is 13.1 Å². The number of carbonyl (C=O) groups excluding carboxylic acids is 1. The molecule has 2 aliphatic heterocycles. The molecule has 2 fully saturated rings. The quantitative estimate of drug-likeness (QED) is 0.767. The number of carboxylic acid groups (broad SMARTS) is 1. The number of sulfonamides is 1. The Morgan fingerprint density at radius 2 is 2.08 bits per heavy atom. The first kappa shape index (κ1) is 17.9. The molecule has 1 atom stereocenters. The number of aromatic nitrogens is 2. The second-order valence-corrected chi connectivity index (χ2v) is 8.53. The summed E-state index contributed by atoms with van der Waals surface area (Å²) in [4.78, 5) is 23.2. The first-order valence-electron chi connectivity index (χ1n) is 8.28.